The van der Waals surface area contributed by atoms with Crippen LogP contribution >= 0.6 is 0 Å². The monoisotopic (exact) mass is 406 g/mol. The summed E-state index contributed by atoms with van der Waals surface area (Å²) in [7, 11) is 0. The fourth-order valence-electron chi connectivity index (χ4n) is 3.47. The van der Waals surface area contributed by atoms with Crippen LogP contribution in [-0.4, -0.2) is 26.4 Å². The first-order valence-electron chi connectivity index (χ1n) is 8.56. The van der Waals surface area contributed by atoms with E-state index in [-0.39, 0.29) is 22.4 Å². The zero-order chi connectivity index (χ0) is 20.9. The van der Waals surface area contributed by atoms with E-state index < -0.39 is 42.2 Å². The number of fused-ring (bicyclic) bond motifs is 1. The molecule has 2 heterocycles. The second-order valence-corrected chi connectivity index (χ2v) is 6.74. The van der Waals surface area contributed by atoms with E-state index in [1.165, 1.54) is 19.1 Å². The van der Waals surface area contributed by atoms with Gasteiger partial charge in [0, 0.05) is 5.56 Å². The first kappa shape index (κ1) is 18.9. The maximum atomic E-state index is 14.2. The minimum absolute atomic E-state index is 0.142. The molecule has 3 amide bonds. The van der Waals surface area contributed by atoms with E-state index in [1.54, 1.807) is 12.1 Å². The Morgan fingerprint density at radius 2 is 1.86 bits per heavy atom. The summed E-state index contributed by atoms with van der Waals surface area (Å²) >= 11 is 0. The number of halogens is 4. The molecule has 1 aliphatic rings. The second kappa shape index (κ2) is 6.57. The normalized spacial score (nSPS) is 19.4. The number of amides is 3. The third-order valence-corrected chi connectivity index (χ3v) is 4.91. The summed E-state index contributed by atoms with van der Waals surface area (Å²) in [4.78, 5) is 30.1. The minimum atomic E-state index is -2.95. The van der Waals surface area contributed by atoms with E-state index in [1.807, 2.05) is 0 Å². The Bertz CT molecular complexity index is 1150. The van der Waals surface area contributed by atoms with Crippen molar-refractivity contribution in [3.63, 3.8) is 0 Å². The van der Waals surface area contributed by atoms with Gasteiger partial charge >= 0.3 is 12.6 Å². The van der Waals surface area contributed by atoms with E-state index in [0.717, 1.165) is 18.2 Å². The van der Waals surface area contributed by atoms with Gasteiger partial charge in [0.2, 0.25) is 0 Å². The molecule has 1 aromatic heterocycles. The van der Waals surface area contributed by atoms with Gasteiger partial charge in [-0.2, -0.15) is 8.78 Å². The van der Waals surface area contributed by atoms with Crippen molar-refractivity contribution in [1.29, 1.82) is 0 Å². The van der Waals surface area contributed by atoms with Crippen molar-refractivity contribution in [2.75, 3.05) is 0 Å². The molecule has 1 N–H and O–H groups in total. The van der Waals surface area contributed by atoms with Crippen LogP contribution in [0.4, 0.5) is 22.4 Å². The van der Waals surface area contributed by atoms with Gasteiger partial charge in [-0.15, -0.1) is 0 Å². The van der Waals surface area contributed by atoms with Gasteiger partial charge in [-0.3, -0.25) is 14.3 Å². The van der Waals surface area contributed by atoms with Gasteiger partial charge in [0.05, 0.1) is 17.6 Å². The minimum Gasteiger partial charge on any atom is -0.319 e. The third-order valence-electron chi connectivity index (χ3n) is 4.91. The van der Waals surface area contributed by atoms with Crippen molar-refractivity contribution in [3.05, 3.63) is 65.5 Å². The van der Waals surface area contributed by atoms with Crippen LogP contribution in [0.25, 0.3) is 11.0 Å². The average molecular weight is 406 g/mol. The number of rotatable bonds is 4. The molecule has 6 nitrogen and oxygen atoms in total. The van der Waals surface area contributed by atoms with E-state index in [2.05, 4.69) is 10.3 Å². The molecule has 3 aromatic rings. The lowest BCUT2D eigenvalue weighted by atomic mass is 9.91. The van der Waals surface area contributed by atoms with Gasteiger partial charge in [0.25, 0.3) is 5.91 Å². The molecule has 4 rings (SSSR count). The molecule has 0 bridgehead atoms. The zero-order valence-electron chi connectivity index (χ0n) is 15.0. The number of benzene rings is 2. The SMILES string of the molecule is CC1(c2cc(F)ccc2F)NC(=O)N(Cc2nc3ccccc3n2C(F)F)C1=O. The Labute approximate surface area is 161 Å². The summed E-state index contributed by atoms with van der Waals surface area (Å²) in [6.45, 7) is -2.29. The Morgan fingerprint density at radius 1 is 1.14 bits per heavy atom. The number of carbonyl (C=O) groups is 2. The fraction of sp³-hybridized carbons (Fsp3) is 0.211. The van der Waals surface area contributed by atoms with Gasteiger partial charge in [-0.25, -0.2) is 18.6 Å². The summed E-state index contributed by atoms with van der Waals surface area (Å²) in [6.07, 6.45) is 0. The predicted molar refractivity (Wildman–Crippen MR) is 93.8 cm³/mol. The molecule has 0 radical (unpaired) electrons. The number of urea groups is 1. The standard InChI is InChI=1S/C19H14F4N4O2/c1-19(11-8-10(20)6-7-12(11)21)16(28)26(18(29)25-19)9-15-24-13-4-2-3-5-14(13)27(15)17(22)23/h2-8,17H,9H2,1H3,(H,25,29). The van der Waals surface area contributed by atoms with Gasteiger partial charge in [-0.05, 0) is 37.3 Å². The molecule has 1 fully saturated rings. The van der Waals surface area contributed by atoms with Crippen LogP contribution in [0.1, 0.15) is 24.9 Å². The molecule has 0 spiro atoms. The number of hydrogen-bond donors (Lipinski definition) is 1. The van der Waals surface area contributed by atoms with Crippen LogP contribution in [0.5, 0.6) is 0 Å². The lowest BCUT2D eigenvalue weighted by Gasteiger charge is -2.22. The van der Waals surface area contributed by atoms with E-state index >= 15 is 0 Å². The molecule has 0 aliphatic carbocycles. The number of hydrogen-bond acceptors (Lipinski definition) is 3. The van der Waals surface area contributed by atoms with Crippen LogP contribution < -0.4 is 5.32 Å². The Morgan fingerprint density at radius 3 is 2.59 bits per heavy atom. The van der Waals surface area contributed by atoms with Crippen molar-refractivity contribution in [2.24, 2.45) is 0 Å². The summed E-state index contributed by atoms with van der Waals surface area (Å²) in [5, 5.41) is 2.32. The molecule has 2 aromatic carbocycles. The average Bonchev–Trinajstić information content (AvgIpc) is 3.14. The summed E-state index contributed by atoms with van der Waals surface area (Å²) in [6, 6.07) is 7.75. The third kappa shape index (κ3) is 2.91. The Hall–Kier alpha value is -3.43. The topological polar surface area (TPSA) is 67.2 Å². The molecule has 150 valence electrons. The van der Waals surface area contributed by atoms with Crippen molar-refractivity contribution in [3.8, 4) is 0 Å². The van der Waals surface area contributed by atoms with Crippen molar-refractivity contribution < 1.29 is 27.2 Å². The highest BCUT2D eigenvalue weighted by molar-refractivity contribution is 6.07. The lowest BCUT2D eigenvalue weighted by molar-refractivity contribution is -0.131. The molecule has 1 atom stereocenters. The quantitative estimate of drug-likeness (QED) is 0.531. The summed E-state index contributed by atoms with van der Waals surface area (Å²) < 4.78 is 55.6. The first-order chi connectivity index (χ1) is 13.7. The van der Waals surface area contributed by atoms with Gasteiger partial charge in [-0.1, -0.05) is 12.1 Å². The highest BCUT2D eigenvalue weighted by Crippen LogP contribution is 2.33. The van der Waals surface area contributed by atoms with Gasteiger partial charge in [0.1, 0.15) is 23.0 Å². The number of imide groups is 1. The Kier molecular flexibility index (Phi) is 4.29. The fourth-order valence-corrected chi connectivity index (χ4v) is 3.47. The van der Waals surface area contributed by atoms with Crippen molar-refractivity contribution in [1.82, 2.24) is 19.8 Å². The molecular weight excluding hydrogens is 392 g/mol. The van der Waals surface area contributed by atoms with Crippen LogP contribution in [-0.2, 0) is 16.9 Å². The molecular formula is C19H14F4N4O2. The number of aromatic nitrogens is 2. The first-order valence-corrected chi connectivity index (χ1v) is 8.56. The molecule has 1 unspecified atom stereocenters. The largest absolute Gasteiger partial charge is 0.325 e. The van der Waals surface area contributed by atoms with Crippen LogP contribution in [0, 0.1) is 11.6 Å². The molecule has 10 heteroatoms. The van der Waals surface area contributed by atoms with Crippen LogP contribution in [0.2, 0.25) is 0 Å². The molecule has 1 aliphatic heterocycles. The van der Waals surface area contributed by atoms with Crippen LogP contribution in [0.3, 0.4) is 0 Å². The van der Waals surface area contributed by atoms with E-state index in [9.17, 15) is 27.2 Å². The number of alkyl halides is 2. The second-order valence-electron chi connectivity index (χ2n) is 6.74. The Balaban J connectivity index is 1.74. The van der Waals surface area contributed by atoms with Gasteiger partial charge in [0.15, 0.2) is 0 Å². The van der Waals surface area contributed by atoms with E-state index in [4.69, 9.17) is 0 Å². The number of para-hydroxylation sites is 2. The smallest absolute Gasteiger partial charge is 0.319 e. The number of nitrogens with zero attached hydrogens (tertiary/aromatic N) is 3. The number of nitrogens with one attached hydrogen (secondary N) is 1. The molecule has 29 heavy (non-hydrogen) atoms. The maximum Gasteiger partial charge on any atom is 0.325 e. The maximum absolute atomic E-state index is 14.2. The summed E-state index contributed by atoms with van der Waals surface area (Å²) in [5.41, 5.74) is -1.83. The zero-order valence-corrected chi connectivity index (χ0v) is 15.0. The lowest BCUT2D eigenvalue weighted by Crippen LogP contribution is -2.41. The molecule has 0 saturated carbocycles. The highest BCUT2D eigenvalue weighted by Gasteiger charge is 2.50. The number of imidazole rings is 1. The van der Waals surface area contributed by atoms with E-state index in [0.29, 0.717) is 9.47 Å². The van der Waals surface area contributed by atoms with Crippen molar-refractivity contribution in [2.45, 2.75) is 25.6 Å². The van der Waals surface area contributed by atoms with Crippen molar-refractivity contribution >= 4 is 23.0 Å². The van der Waals surface area contributed by atoms with Gasteiger partial charge < -0.3 is 5.32 Å². The molecule has 1 saturated heterocycles. The highest BCUT2D eigenvalue weighted by atomic mass is 19.3. The predicted octanol–water partition coefficient (Wildman–Crippen LogP) is 3.68. The summed E-state index contributed by atoms with van der Waals surface area (Å²) in [5.74, 6) is -2.79. The number of carbonyl (C=O) groups excluding carboxylic acids is 2. The van der Waals surface area contributed by atoms with Crippen LogP contribution in [0.15, 0.2) is 42.5 Å².